The largest absolute Gasteiger partial charge is 0.314 e. The molecule has 2 unspecified atom stereocenters. The number of nitrogens with zero attached hydrogens (tertiary/aromatic N) is 1. The SMILES string of the molecule is C=CCCC(C)NCC(C)c1nccs1. The Morgan fingerprint density at radius 1 is 1.60 bits per heavy atom. The van der Waals surface area contributed by atoms with Crippen LogP contribution in [0.2, 0.25) is 0 Å². The first-order chi connectivity index (χ1) is 7.24. The van der Waals surface area contributed by atoms with Crippen molar-refractivity contribution in [2.24, 2.45) is 0 Å². The summed E-state index contributed by atoms with van der Waals surface area (Å²) >= 11 is 1.73. The second kappa shape index (κ2) is 6.75. The van der Waals surface area contributed by atoms with Gasteiger partial charge in [-0.3, -0.25) is 0 Å². The molecular formula is C12H20N2S. The van der Waals surface area contributed by atoms with Crippen LogP contribution in [0.3, 0.4) is 0 Å². The van der Waals surface area contributed by atoms with Crippen molar-refractivity contribution in [1.82, 2.24) is 10.3 Å². The van der Waals surface area contributed by atoms with E-state index in [-0.39, 0.29) is 0 Å². The monoisotopic (exact) mass is 224 g/mol. The Labute approximate surface area is 96.4 Å². The van der Waals surface area contributed by atoms with Crippen molar-refractivity contribution in [2.75, 3.05) is 6.54 Å². The number of allylic oxidation sites excluding steroid dienone is 1. The highest BCUT2D eigenvalue weighted by atomic mass is 32.1. The molecule has 0 spiro atoms. The van der Waals surface area contributed by atoms with Gasteiger partial charge < -0.3 is 5.32 Å². The number of hydrogen-bond acceptors (Lipinski definition) is 3. The molecule has 1 rings (SSSR count). The lowest BCUT2D eigenvalue weighted by molar-refractivity contribution is 0.495. The Kier molecular flexibility index (Phi) is 5.58. The average Bonchev–Trinajstić information content (AvgIpc) is 2.76. The molecule has 0 saturated heterocycles. The molecule has 0 saturated carbocycles. The van der Waals surface area contributed by atoms with Crippen molar-refractivity contribution in [3.8, 4) is 0 Å². The van der Waals surface area contributed by atoms with Crippen molar-refractivity contribution in [2.45, 2.75) is 38.6 Å². The van der Waals surface area contributed by atoms with E-state index in [4.69, 9.17) is 0 Å². The maximum atomic E-state index is 4.32. The van der Waals surface area contributed by atoms with Gasteiger partial charge in [0.15, 0.2) is 0 Å². The smallest absolute Gasteiger partial charge is 0.0965 e. The Balaban J connectivity index is 2.22. The Bertz CT molecular complexity index is 269. The molecule has 2 nitrogen and oxygen atoms in total. The fraction of sp³-hybridized carbons (Fsp3) is 0.583. The van der Waals surface area contributed by atoms with E-state index in [1.165, 1.54) is 5.01 Å². The van der Waals surface area contributed by atoms with Gasteiger partial charge in [-0.15, -0.1) is 17.9 Å². The van der Waals surface area contributed by atoms with Crippen LogP contribution in [-0.2, 0) is 0 Å². The number of hydrogen-bond donors (Lipinski definition) is 1. The summed E-state index contributed by atoms with van der Waals surface area (Å²) in [6.45, 7) is 9.17. The molecule has 1 N–H and O–H groups in total. The Hall–Kier alpha value is -0.670. The third-order valence-electron chi connectivity index (χ3n) is 2.45. The summed E-state index contributed by atoms with van der Waals surface area (Å²) in [6.07, 6.45) is 6.09. The van der Waals surface area contributed by atoms with Gasteiger partial charge in [0, 0.05) is 30.1 Å². The van der Waals surface area contributed by atoms with Crippen LogP contribution in [-0.4, -0.2) is 17.6 Å². The minimum atomic E-state index is 0.510. The summed E-state index contributed by atoms with van der Waals surface area (Å²) in [5, 5.41) is 6.78. The van der Waals surface area contributed by atoms with Crippen LogP contribution in [0.5, 0.6) is 0 Å². The highest BCUT2D eigenvalue weighted by molar-refractivity contribution is 7.09. The fourth-order valence-electron chi connectivity index (χ4n) is 1.41. The molecule has 84 valence electrons. The van der Waals surface area contributed by atoms with Crippen molar-refractivity contribution in [3.63, 3.8) is 0 Å². The zero-order valence-corrected chi connectivity index (χ0v) is 10.4. The van der Waals surface area contributed by atoms with E-state index in [1.54, 1.807) is 11.3 Å². The van der Waals surface area contributed by atoms with Crippen LogP contribution >= 0.6 is 11.3 Å². The predicted octanol–water partition coefficient (Wildman–Crippen LogP) is 3.19. The molecule has 0 aromatic carbocycles. The number of aromatic nitrogens is 1. The molecule has 0 aliphatic rings. The molecule has 3 heteroatoms. The molecule has 0 fully saturated rings. The van der Waals surface area contributed by atoms with E-state index < -0.39 is 0 Å². The number of nitrogens with one attached hydrogen (secondary N) is 1. The summed E-state index contributed by atoms with van der Waals surface area (Å²) in [7, 11) is 0. The molecule has 1 aromatic heterocycles. The van der Waals surface area contributed by atoms with Crippen molar-refractivity contribution < 1.29 is 0 Å². The van der Waals surface area contributed by atoms with E-state index in [9.17, 15) is 0 Å². The molecule has 0 radical (unpaired) electrons. The van der Waals surface area contributed by atoms with Crippen LogP contribution in [0.4, 0.5) is 0 Å². The zero-order valence-electron chi connectivity index (χ0n) is 9.57. The summed E-state index contributed by atoms with van der Waals surface area (Å²) in [5.74, 6) is 0.510. The third kappa shape index (κ3) is 4.58. The Morgan fingerprint density at radius 3 is 3.00 bits per heavy atom. The fourth-order valence-corrected chi connectivity index (χ4v) is 2.11. The maximum absolute atomic E-state index is 4.32. The lowest BCUT2D eigenvalue weighted by Crippen LogP contribution is -2.29. The van der Waals surface area contributed by atoms with Crippen LogP contribution in [0.15, 0.2) is 24.2 Å². The van der Waals surface area contributed by atoms with Gasteiger partial charge in [0.25, 0.3) is 0 Å². The lowest BCUT2D eigenvalue weighted by Gasteiger charge is -2.15. The summed E-state index contributed by atoms with van der Waals surface area (Å²) in [4.78, 5) is 4.32. The summed E-state index contributed by atoms with van der Waals surface area (Å²) < 4.78 is 0. The first-order valence-electron chi connectivity index (χ1n) is 5.47. The normalized spacial score (nSPS) is 14.8. The maximum Gasteiger partial charge on any atom is 0.0965 e. The minimum absolute atomic E-state index is 0.510. The molecule has 0 bridgehead atoms. The van der Waals surface area contributed by atoms with Crippen LogP contribution in [0.1, 0.15) is 37.6 Å². The molecule has 1 heterocycles. The number of thiazole rings is 1. The highest BCUT2D eigenvalue weighted by Gasteiger charge is 2.09. The van der Waals surface area contributed by atoms with Crippen molar-refractivity contribution >= 4 is 11.3 Å². The predicted molar refractivity (Wildman–Crippen MR) is 67.4 cm³/mol. The van der Waals surface area contributed by atoms with Gasteiger partial charge >= 0.3 is 0 Å². The summed E-state index contributed by atoms with van der Waals surface area (Å²) in [5.41, 5.74) is 0. The molecule has 0 aliphatic carbocycles. The third-order valence-corrected chi connectivity index (χ3v) is 3.46. The van der Waals surface area contributed by atoms with Crippen molar-refractivity contribution in [1.29, 1.82) is 0 Å². The van der Waals surface area contributed by atoms with E-state index >= 15 is 0 Å². The van der Waals surface area contributed by atoms with E-state index in [1.807, 2.05) is 17.7 Å². The Morgan fingerprint density at radius 2 is 2.40 bits per heavy atom. The van der Waals surface area contributed by atoms with Gasteiger partial charge in [0.1, 0.15) is 0 Å². The zero-order chi connectivity index (χ0) is 11.1. The van der Waals surface area contributed by atoms with Gasteiger partial charge in [-0.1, -0.05) is 13.0 Å². The molecule has 2 atom stereocenters. The van der Waals surface area contributed by atoms with Gasteiger partial charge in [-0.25, -0.2) is 4.98 Å². The molecular weight excluding hydrogens is 204 g/mol. The number of rotatable bonds is 7. The van der Waals surface area contributed by atoms with E-state index in [0.717, 1.165) is 19.4 Å². The topological polar surface area (TPSA) is 24.9 Å². The first kappa shape index (κ1) is 12.4. The van der Waals surface area contributed by atoms with Gasteiger partial charge in [0.05, 0.1) is 5.01 Å². The minimum Gasteiger partial charge on any atom is -0.314 e. The van der Waals surface area contributed by atoms with Crippen molar-refractivity contribution in [3.05, 3.63) is 29.2 Å². The lowest BCUT2D eigenvalue weighted by atomic mass is 10.1. The van der Waals surface area contributed by atoms with Gasteiger partial charge in [0.2, 0.25) is 0 Å². The second-order valence-electron chi connectivity index (χ2n) is 3.95. The molecule has 15 heavy (non-hydrogen) atoms. The van der Waals surface area contributed by atoms with E-state index in [2.05, 4.69) is 30.7 Å². The van der Waals surface area contributed by atoms with Crippen LogP contribution in [0.25, 0.3) is 0 Å². The quantitative estimate of drug-likeness (QED) is 0.719. The highest BCUT2D eigenvalue weighted by Crippen LogP contribution is 2.16. The molecule has 0 aliphatic heterocycles. The second-order valence-corrected chi connectivity index (χ2v) is 4.87. The van der Waals surface area contributed by atoms with Crippen LogP contribution < -0.4 is 5.32 Å². The van der Waals surface area contributed by atoms with Crippen LogP contribution in [0, 0.1) is 0 Å². The van der Waals surface area contributed by atoms with E-state index in [0.29, 0.717) is 12.0 Å². The van der Waals surface area contributed by atoms with Gasteiger partial charge in [-0.05, 0) is 19.8 Å². The molecule has 0 amide bonds. The summed E-state index contributed by atoms with van der Waals surface area (Å²) in [6, 6.07) is 0.561. The first-order valence-corrected chi connectivity index (χ1v) is 6.35. The molecule has 1 aromatic rings. The van der Waals surface area contributed by atoms with Gasteiger partial charge in [-0.2, -0.15) is 0 Å². The average molecular weight is 224 g/mol. The standard InChI is InChI=1S/C12H20N2S/c1-4-5-6-11(3)14-9-10(2)12-13-7-8-15-12/h4,7-8,10-11,14H,1,5-6,9H2,2-3H3.